The van der Waals surface area contributed by atoms with Crippen molar-refractivity contribution < 1.29 is 9.59 Å². The van der Waals surface area contributed by atoms with E-state index in [1.54, 1.807) is 40.8 Å². The molecule has 0 radical (unpaired) electrons. The van der Waals surface area contributed by atoms with E-state index in [0.29, 0.717) is 24.7 Å². The molecule has 5 rings (SSSR count). The number of hydrogen-bond donors (Lipinski definition) is 1. The van der Waals surface area contributed by atoms with Crippen LogP contribution in [0.1, 0.15) is 24.8 Å². The fourth-order valence-electron chi connectivity index (χ4n) is 4.04. The topological polar surface area (TPSA) is 82.8 Å². The molecule has 1 aromatic carbocycles. The molecule has 1 fully saturated rings. The van der Waals surface area contributed by atoms with Crippen LogP contribution in [0.2, 0.25) is 0 Å². The number of amides is 2. The van der Waals surface area contributed by atoms with Gasteiger partial charge in [-0.05, 0) is 51.1 Å². The Bertz CT molecular complexity index is 1260. The maximum absolute atomic E-state index is 12.2. The number of likely N-dealkylation sites (N-methyl/N-ethyl adjacent to an activating group) is 1. The van der Waals surface area contributed by atoms with Crippen molar-refractivity contribution >= 4 is 44.7 Å². The molecule has 2 amide bonds. The standard InChI is InChI=1S/C15H18N4O2.C11H14N2S/c1-11-3-2-6-19(10-11)15(21)14(20)17-12-4-7-18-8-5-16-13(18)9-12;1-13(2)8-7-11-12-9-5-3-4-6-10(9)14-11/h4-5,7-9,11H,2-3,6,10H2,1H3,(H,17,20);3-6H,7-8H2,1-2H3. The number of carbonyl (C=O) groups excluding carboxylic acids is 2. The fourth-order valence-corrected chi connectivity index (χ4v) is 4.99. The van der Waals surface area contributed by atoms with E-state index >= 15 is 0 Å². The van der Waals surface area contributed by atoms with Crippen LogP contribution in [0.3, 0.4) is 0 Å². The number of piperidine rings is 1. The number of imidazole rings is 1. The molecular formula is C26H32N6O2S. The number of pyridine rings is 1. The number of nitrogens with zero attached hydrogens (tertiary/aromatic N) is 5. The third kappa shape index (κ3) is 6.64. The summed E-state index contributed by atoms with van der Waals surface area (Å²) in [6.45, 7) is 4.49. The number of hydrogen-bond acceptors (Lipinski definition) is 6. The molecule has 1 saturated heterocycles. The van der Waals surface area contributed by atoms with Crippen molar-refractivity contribution in [2.24, 2.45) is 5.92 Å². The highest BCUT2D eigenvalue weighted by molar-refractivity contribution is 7.18. The fraction of sp³-hybridized carbons (Fsp3) is 0.385. The smallest absolute Gasteiger partial charge is 0.313 e. The lowest BCUT2D eigenvalue weighted by atomic mass is 10.0. The Morgan fingerprint density at radius 3 is 2.80 bits per heavy atom. The average molecular weight is 493 g/mol. The lowest BCUT2D eigenvalue weighted by Gasteiger charge is -2.30. The summed E-state index contributed by atoms with van der Waals surface area (Å²) < 4.78 is 3.13. The lowest BCUT2D eigenvalue weighted by Crippen LogP contribution is -2.44. The van der Waals surface area contributed by atoms with E-state index in [9.17, 15) is 9.59 Å². The first kappa shape index (κ1) is 24.8. The second-order valence-electron chi connectivity index (χ2n) is 9.19. The normalized spacial score (nSPS) is 15.8. The van der Waals surface area contributed by atoms with Crippen LogP contribution in [0, 0.1) is 5.92 Å². The van der Waals surface area contributed by atoms with E-state index in [0.717, 1.165) is 37.0 Å². The Hall–Kier alpha value is -3.30. The molecule has 1 atom stereocenters. The summed E-state index contributed by atoms with van der Waals surface area (Å²) >= 11 is 1.80. The van der Waals surface area contributed by atoms with Gasteiger partial charge in [0.2, 0.25) is 0 Å². The Kier molecular flexibility index (Phi) is 8.09. The molecule has 0 saturated carbocycles. The molecule has 35 heavy (non-hydrogen) atoms. The van der Waals surface area contributed by atoms with Crippen molar-refractivity contribution in [1.82, 2.24) is 24.2 Å². The van der Waals surface area contributed by atoms with Gasteiger partial charge in [0.05, 0.1) is 15.2 Å². The van der Waals surface area contributed by atoms with Gasteiger partial charge in [0.25, 0.3) is 0 Å². The highest BCUT2D eigenvalue weighted by Gasteiger charge is 2.26. The molecule has 4 heterocycles. The van der Waals surface area contributed by atoms with Crippen LogP contribution >= 0.6 is 11.3 Å². The third-order valence-corrected chi connectivity index (χ3v) is 7.00. The summed E-state index contributed by atoms with van der Waals surface area (Å²) in [6.07, 6.45) is 8.42. The zero-order valence-electron chi connectivity index (χ0n) is 20.5. The number of nitrogens with one attached hydrogen (secondary N) is 1. The van der Waals surface area contributed by atoms with E-state index in [4.69, 9.17) is 0 Å². The summed E-state index contributed by atoms with van der Waals surface area (Å²) in [5.41, 5.74) is 2.44. The number of thiazole rings is 1. The van der Waals surface area contributed by atoms with Crippen molar-refractivity contribution in [2.45, 2.75) is 26.2 Å². The molecule has 4 aromatic rings. The summed E-state index contributed by atoms with van der Waals surface area (Å²) in [7, 11) is 4.18. The monoisotopic (exact) mass is 492 g/mol. The van der Waals surface area contributed by atoms with Gasteiger partial charge in [-0.2, -0.15) is 0 Å². The first-order valence-electron chi connectivity index (χ1n) is 11.9. The van der Waals surface area contributed by atoms with E-state index in [1.165, 1.54) is 9.71 Å². The molecule has 1 aliphatic heterocycles. The number of carbonyl (C=O) groups is 2. The van der Waals surface area contributed by atoms with Crippen LogP contribution < -0.4 is 5.32 Å². The maximum atomic E-state index is 12.2. The highest BCUT2D eigenvalue weighted by Crippen LogP contribution is 2.21. The number of likely N-dealkylation sites (tertiary alicyclic amines) is 1. The lowest BCUT2D eigenvalue weighted by molar-refractivity contribution is -0.144. The van der Waals surface area contributed by atoms with Crippen molar-refractivity contribution in [2.75, 3.05) is 39.0 Å². The first-order valence-corrected chi connectivity index (χ1v) is 12.7. The number of rotatable bonds is 4. The molecule has 0 aliphatic carbocycles. The van der Waals surface area contributed by atoms with Crippen LogP contribution in [0.15, 0.2) is 55.0 Å². The van der Waals surface area contributed by atoms with Gasteiger partial charge in [-0.3, -0.25) is 9.59 Å². The highest BCUT2D eigenvalue weighted by atomic mass is 32.1. The van der Waals surface area contributed by atoms with Gasteiger partial charge in [0, 0.05) is 56.4 Å². The van der Waals surface area contributed by atoms with Gasteiger partial charge in [-0.15, -0.1) is 11.3 Å². The predicted octanol–water partition coefficient (Wildman–Crippen LogP) is 3.93. The van der Waals surface area contributed by atoms with Crippen LogP contribution in [0.4, 0.5) is 5.69 Å². The van der Waals surface area contributed by atoms with Crippen LogP contribution in [-0.4, -0.2) is 69.7 Å². The predicted molar refractivity (Wildman–Crippen MR) is 141 cm³/mol. The van der Waals surface area contributed by atoms with Gasteiger partial charge in [0.15, 0.2) is 0 Å². The Balaban J connectivity index is 0.000000179. The Morgan fingerprint density at radius 1 is 1.20 bits per heavy atom. The van der Waals surface area contributed by atoms with E-state index in [2.05, 4.69) is 59.4 Å². The number of para-hydroxylation sites is 1. The Morgan fingerprint density at radius 2 is 2.03 bits per heavy atom. The van der Waals surface area contributed by atoms with Crippen molar-refractivity contribution in [3.8, 4) is 0 Å². The molecular weight excluding hydrogens is 460 g/mol. The van der Waals surface area contributed by atoms with E-state index in [1.807, 2.05) is 16.7 Å². The van der Waals surface area contributed by atoms with Crippen molar-refractivity contribution in [3.05, 3.63) is 60.0 Å². The number of anilines is 1. The maximum Gasteiger partial charge on any atom is 0.313 e. The minimum Gasteiger partial charge on any atom is -0.334 e. The quantitative estimate of drug-likeness (QED) is 0.437. The molecule has 0 bridgehead atoms. The third-order valence-electron chi connectivity index (χ3n) is 5.91. The summed E-state index contributed by atoms with van der Waals surface area (Å²) in [5.74, 6) is -0.582. The second-order valence-corrected chi connectivity index (χ2v) is 10.3. The molecule has 1 N–H and O–H groups in total. The van der Waals surface area contributed by atoms with Crippen LogP contribution in [-0.2, 0) is 16.0 Å². The largest absolute Gasteiger partial charge is 0.334 e. The Labute approximate surface area is 209 Å². The molecule has 1 aliphatic rings. The summed E-state index contributed by atoms with van der Waals surface area (Å²) in [5, 5.41) is 3.89. The molecule has 0 spiro atoms. The van der Waals surface area contributed by atoms with Crippen LogP contribution in [0.5, 0.6) is 0 Å². The van der Waals surface area contributed by atoms with Gasteiger partial charge in [-0.1, -0.05) is 19.1 Å². The van der Waals surface area contributed by atoms with E-state index in [-0.39, 0.29) is 0 Å². The van der Waals surface area contributed by atoms with Gasteiger partial charge in [0.1, 0.15) is 5.65 Å². The number of benzene rings is 1. The summed E-state index contributed by atoms with van der Waals surface area (Å²) in [6, 6.07) is 11.8. The van der Waals surface area contributed by atoms with Crippen molar-refractivity contribution in [1.29, 1.82) is 0 Å². The molecule has 1 unspecified atom stereocenters. The van der Waals surface area contributed by atoms with Gasteiger partial charge >= 0.3 is 11.8 Å². The average Bonchev–Trinajstić information content (AvgIpc) is 3.49. The van der Waals surface area contributed by atoms with Gasteiger partial charge in [-0.25, -0.2) is 9.97 Å². The zero-order chi connectivity index (χ0) is 24.8. The SMILES string of the molecule is CC1CCCN(C(=O)C(=O)Nc2ccn3ccnc3c2)C1.CN(C)CCc1nc2ccccc2s1. The van der Waals surface area contributed by atoms with Gasteiger partial charge < -0.3 is 19.5 Å². The minimum atomic E-state index is -0.583. The van der Waals surface area contributed by atoms with Crippen molar-refractivity contribution in [3.63, 3.8) is 0 Å². The molecule has 8 nitrogen and oxygen atoms in total. The summed E-state index contributed by atoms with van der Waals surface area (Å²) in [4.78, 5) is 36.8. The molecule has 9 heteroatoms. The molecule has 184 valence electrons. The number of fused-ring (bicyclic) bond motifs is 2. The van der Waals surface area contributed by atoms with E-state index < -0.39 is 11.8 Å². The number of aromatic nitrogens is 3. The minimum absolute atomic E-state index is 0.454. The first-order chi connectivity index (χ1) is 16.9. The zero-order valence-corrected chi connectivity index (χ0v) is 21.3. The molecule has 3 aromatic heterocycles. The van der Waals surface area contributed by atoms with Crippen LogP contribution in [0.25, 0.3) is 15.9 Å². The second kappa shape index (κ2) is 11.4.